The average molecular weight is 406 g/mol. The summed E-state index contributed by atoms with van der Waals surface area (Å²) in [6.45, 7) is 4.88. The van der Waals surface area contributed by atoms with Crippen LogP contribution in [0.25, 0.3) is 11.3 Å². The van der Waals surface area contributed by atoms with Gasteiger partial charge in [0.25, 0.3) is 0 Å². The fourth-order valence-corrected chi connectivity index (χ4v) is 4.05. The second-order valence-corrected chi connectivity index (χ2v) is 7.61. The Bertz CT molecular complexity index is 885. The van der Waals surface area contributed by atoms with Crippen molar-refractivity contribution < 1.29 is 0 Å². The molecule has 6 heteroatoms. The van der Waals surface area contributed by atoms with Crippen molar-refractivity contribution in [1.29, 1.82) is 0 Å². The molecule has 0 bridgehead atoms. The summed E-state index contributed by atoms with van der Waals surface area (Å²) in [7, 11) is 0. The first kappa shape index (κ1) is 16.4. The van der Waals surface area contributed by atoms with Gasteiger partial charge in [-0.1, -0.05) is 28.1 Å². The lowest BCUT2D eigenvalue weighted by molar-refractivity contribution is 0.833. The second kappa shape index (κ2) is 7.38. The monoisotopic (exact) mass is 405 g/mol. The van der Waals surface area contributed by atoms with E-state index in [9.17, 15) is 0 Å². The van der Waals surface area contributed by atoms with E-state index in [0.29, 0.717) is 0 Å². The number of rotatable bonds is 4. The zero-order valence-corrected chi connectivity index (χ0v) is 16.1. The van der Waals surface area contributed by atoms with Gasteiger partial charge in [-0.3, -0.25) is 4.99 Å². The fourth-order valence-electron chi connectivity index (χ4n) is 2.10. The lowest BCUT2D eigenvalue weighted by atomic mass is 10.2. The standard InChI is InChI=1S/C17H16BrN3S2/c1-3-19-17-21(20-10-16-12(2)8-9-22-16)15(11-23-17)13-4-6-14(18)7-5-13/h4-11H,3H2,1-2H3. The van der Waals surface area contributed by atoms with Crippen LogP contribution in [0.3, 0.4) is 0 Å². The third kappa shape index (κ3) is 3.71. The summed E-state index contributed by atoms with van der Waals surface area (Å²) in [5.74, 6) is 0. The van der Waals surface area contributed by atoms with Gasteiger partial charge in [0, 0.05) is 22.0 Å². The van der Waals surface area contributed by atoms with Crippen LogP contribution in [-0.4, -0.2) is 17.4 Å². The van der Waals surface area contributed by atoms with Gasteiger partial charge in [-0.2, -0.15) is 5.10 Å². The van der Waals surface area contributed by atoms with Crippen LogP contribution < -0.4 is 4.80 Å². The number of halogens is 1. The Morgan fingerprint density at radius 1 is 1.17 bits per heavy atom. The third-order valence-electron chi connectivity index (χ3n) is 3.31. The van der Waals surface area contributed by atoms with Crippen molar-refractivity contribution >= 4 is 44.8 Å². The molecular formula is C17H16BrN3S2. The number of nitrogens with zero attached hydrogens (tertiary/aromatic N) is 3. The molecule has 0 fully saturated rings. The minimum absolute atomic E-state index is 0.744. The summed E-state index contributed by atoms with van der Waals surface area (Å²) < 4.78 is 3.00. The summed E-state index contributed by atoms with van der Waals surface area (Å²) in [6.07, 6.45) is 1.92. The van der Waals surface area contributed by atoms with Crippen LogP contribution in [-0.2, 0) is 0 Å². The Hall–Kier alpha value is -1.50. The molecule has 118 valence electrons. The zero-order valence-electron chi connectivity index (χ0n) is 12.9. The summed E-state index contributed by atoms with van der Waals surface area (Å²) in [4.78, 5) is 6.64. The van der Waals surface area contributed by atoms with Crippen LogP contribution in [0.1, 0.15) is 17.4 Å². The van der Waals surface area contributed by atoms with E-state index >= 15 is 0 Å². The molecule has 3 rings (SSSR count). The highest BCUT2D eigenvalue weighted by Crippen LogP contribution is 2.22. The molecule has 0 aliphatic rings. The quantitative estimate of drug-likeness (QED) is 0.537. The number of thiophene rings is 1. The minimum atomic E-state index is 0.744. The van der Waals surface area contributed by atoms with Gasteiger partial charge in [0.15, 0.2) is 0 Å². The first-order chi connectivity index (χ1) is 11.2. The molecule has 3 aromatic rings. The predicted octanol–water partition coefficient (Wildman–Crippen LogP) is 5.15. The zero-order chi connectivity index (χ0) is 16.2. The number of thiazole rings is 1. The van der Waals surface area contributed by atoms with Crippen LogP contribution in [0.4, 0.5) is 0 Å². The van der Waals surface area contributed by atoms with E-state index in [1.807, 2.05) is 29.9 Å². The van der Waals surface area contributed by atoms with Crippen LogP contribution in [0, 0.1) is 6.92 Å². The van der Waals surface area contributed by atoms with Crippen molar-refractivity contribution in [3.05, 3.63) is 60.8 Å². The Morgan fingerprint density at radius 2 is 1.96 bits per heavy atom. The molecule has 0 N–H and O–H groups in total. The van der Waals surface area contributed by atoms with Crippen molar-refractivity contribution in [3.8, 4) is 11.3 Å². The predicted molar refractivity (Wildman–Crippen MR) is 104 cm³/mol. The molecule has 2 aromatic heterocycles. The first-order valence-corrected chi connectivity index (χ1v) is 9.79. The molecule has 3 nitrogen and oxygen atoms in total. The Balaban J connectivity index is 2.08. The van der Waals surface area contributed by atoms with E-state index in [0.717, 1.165) is 27.1 Å². The third-order valence-corrected chi connectivity index (χ3v) is 5.65. The van der Waals surface area contributed by atoms with Gasteiger partial charge < -0.3 is 0 Å². The molecular weight excluding hydrogens is 390 g/mol. The van der Waals surface area contributed by atoms with E-state index in [1.165, 1.54) is 10.4 Å². The smallest absolute Gasteiger partial charge is 0.206 e. The summed E-state index contributed by atoms with van der Waals surface area (Å²) in [5.41, 5.74) is 3.43. The lowest BCUT2D eigenvalue weighted by Gasteiger charge is -2.03. The largest absolute Gasteiger partial charge is 0.258 e. The highest BCUT2D eigenvalue weighted by atomic mass is 79.9. The first-order valence-electron chi connectivity index (χ1n) is 7.24. The maximum atomic E-state index is 4.69. The molecule has 0 atom stereocenters. The summed E-state index contributed by atoms with van der Waals surface area (Å²) >= 11 is 6.79. The second-order valence-electron chi connectivity index (χ2n) is 4.91. The van der Waals surface area contributed by atoms with Crippen LogP contribution in [0.15, 0.2) is 55.7 Å². The fraction of sp³-hybridized carbons (Fsp3) is 0.176. The maximum Gasteiger partial charge on any atom is 0.206 e. The molecule has 23 heavy (non-hydrogen) atoms. The number of aryl methyl sites for hydroxylation is 1. The maximum absolute atomic E-state index is 4.69. The van der Waals surface area contributed by atoms with Crippen molar-refractivity contribution in [2.75, 3.05) is 6.54 Å². The number of hydrogen-bond acceptors (Lipinski definition) is 4. The van der Waals surface area contributed by atoms with Gasteiger partial charge in [-0.15, -0.1) is 22.7 Å². The average Bonchev–Trinajstić information content (AvgIpc) is 3.13. The van der Waals surface area contributed by atoms with Crippen molar-refractivity contribution in [2.24, 2.45) is 10.1 Å². The molecule has 0 radical (unpaired) electrons. The van der Waals surface area contributed by atoms with Gasteiger partial charge in [0.2, 0.25) is 4.80 Å². The van der Waals surface area contributed by atoms with E-state index in [1.54, 1.807) is 22.7 Å². The van der Waals surface area contributed by atoms with Gasteiger partial charge in [-0.25, -0.2) is 4.68 Å². The van der Waals surface area contributed by atoms with Crippen molar-refractivity contribution in [1.82, 2.24) is 4.68 Å². The normalized spacial score (nSPS) is 12.4. The Kier molecular flexibility index (Phi) is 5.25. The SMILES string of the molecule is CCN=c1scc(-c2ccc(Br)cc2)n1N=Cc1sccc1C. The molecule has 0 saturated carbocycles. The van der Waals surface area contributed by atoms with E-state index < -0.39 is 0 Å². The number of benzene rings is 1. The highest BCUT2D eigenvalue weighted by Gasteiger charge is 2.07. The van der Waals surface area contributed by atoms with Gasteiger partial charge in [0.1, 0.15) is 0 Å². The summed E-state index contributed by atoms with van der Waals surface area (Å²) in [5, 5.41) is 8.89. The number of aromatic nitrogens is 1. The molecule has 0 amide bonds. The number of hydrogen-bond donors (Lipinski definition) is 0. The lowest BCUT2D eigenvalue weighted by Crippen LogP contribution is -2.12. The van der Waals surface area contributed by atoms with Crippen LogP contribution in [0.5, 0.6) is 0 Å². The highest BCUT2D eigenvalue weighted by molar-refractivity contribution is 9.10. The van der Waals surface area contributed by atoms with Crippen molar-refractivity contribution in [3.63, 3.8) is 0 Å². The van der Waals surface area contributed by atoms with Crippen LogP contribution in [0.2, 0.25) is 0 Å². The molecule has 0 spiro atoms. The van der Waals surface area contributed by atoms with Gasteiger partial charge >= 0.3 is 0 Å². The molecule has 0 unspecified atom stereocenters. The molecule has 0 saturated heterocycles. The van der Waals surface area contributed by atoms with E-state index in [4.69, 9.17) is 5.10 Å². The Morgan fingerprint density at radius 3 is 2.61 bits per heavy atom. The minimum Gasteiger partial charge on any atom is -0.258 e. The Labute approximate surface area is 151 Å². The van der Waals surface area contributed by atoms with Gasteiger partial charge in [0.05, 0.1) is 16.8 Å². The topological polar surface area (TPSA) is 29.6 Å². The molecule has 2 heterocycles. The molecule has 1 aromatic carbocycles. The van der Waals surface area contributed by atoms with Crippen LogP contribution >= 0.6 is 38.6 Å². The molecule has 0 aliphatic heterocycles. The van der Waals surface area contributed by atoms with E-state index in [2.05, 4.69) is 56.8 Å². The summed E-state index contributed by atoms with van der Waals surface area (Å²) in [6, 6.07) is 10.4. The van der Waals surface area contributed by atoms with Crippen molar-refractivity contribution in [2.45, 2.75) is 13.8 Å². The molecule has 0 aliphatic carbocycles. The van der Waals surface area contributed by atoms with E-state index in [-0.39, 0.29) is 0 Å². The van der Waals surface area contributed by atoms with Gasteiger partial charge in [-0.05, 0) is 43.0 Å².